The van der Waals surface area contributed by atoms with E-state index in [1.165, 1.54) is 7.11 Å². The van der Waals surface area contributed by atoms with Crippen LogP contribution in [0.5, 0.6) is 11.5 Å². The first-order valence-corrected chi connectivity index (χ1v) is 5.29. The molecule has 1 aromatic heterocycles. The molecule has 2 rings (SSSR count). The minimum absolute atomic E-state index is 0.0568. The van der Waals surface area contributed by atoms with Gasteiger partial charge in [0.05, 0.1) is 13.3 Å². The van der Waals surface area contributed by atoms with Crippen molar-refractivity contribution in [3.63, 3.8) is 0 Å². The van der Waals surface area contributed by atoms with Crippen LogP contribution in [0.4, 0.5) is 5.82 Å². The first kappa shape index (κ1) is 10.8. The number of benzene rings is 1. The van der Waals surface area contributed by atoms with Gasteiger partial charge < -0.3 is 15.6 Å². The molecule has 4 N–H and O–H groups in total. The highest BCUT2D eigenvalue weighted by Gasteiger charge is 2.17. The van der Waals surface area contributed by atoms with E-state index in [9.17, 15) is 5.11 Å². The van der Waals surface area contributed by atoms with Gasteiger partial charge in [0, 0.05) is 15.6 Å². The number of aromatic hydroxyl groups is 1. The van der Waals surface area contributed by atoms with E-state index in [0.717, 1.165) is 4.47 Å². The summed E-state index contributed by atoms with van der Waals surface area (Å²) in [7, 11) is 1.49. The summed E-state index contributed by atoms with van der Waals surface area (Å²) in [5.74, 6) is 0.841. The standard InChI is InChI=1S/C10H10BrN3O2/c1-16-9-7(15)3-2-6(11)8(9)5-4-13-14-10(5)12/h2-4,15H,1H3,(H3,12,13,14). The van der Waals surface area contributed by atoms with Gasteiger partial charge in [-0.1, -0.05) is 15.9 Å². The number of methoxy groups -OCH3 is 1. The topological polar surface area (TPSA) is 84.2 Å². The lowest BCUT2D eigenvalue weighted by Crippen LogP contribution is -1.93. The van der Waals surface area contributed by atoms with Crippen LogP contribution in [0.1, 0.15) is 0 Å². The monoisotopic (exact) mass is 283 g/mol. The predicted octanol–water partition coefficient (Wildman–Crippen LogP) is 2.14. The van der Waals surface area contributed by atoms with Crippen molar-refractivity contribution in [3.05, 3.63) is 22.8 Å². The average Bonchev–Trinajstić information content (AvgIpc) is 2.67. The number of hydrogen-bond acceptors (Lipinski definition) is 4. The van der Waals surface area contributed by atoms with Crippen molar-refractivity contribution < 1.29 is 9.84 Å². The van der Waals surface area contributed by atoms with Gasteiger partial charge in [-0.3, -0.25) is 5.10 Å². The molecular formula is C10H10BrN3O2. The van der Waals surface area contributed by atoms with E-state index in [-0.39, 0.29) is 5.75 Å². The van der Waals surface area contributed by atoms with Crippen molar-refractivity contribution in [2.45, 2.75) is 0 Å². The lowest BCUT2D eigenvalue weighted by molar-refractivity contribution is 0.375. The van der Waals surface area contributed by atoms with E-state index in [1.54, 1.807) is 18.3 Å². The maximum Gasteiger partial charge on any atom is 0.169 e. The van der Waals surface area contributed by atoms with Crippen molar-refractivity contribution in [2.24, 2.45) is 0 Å². The molecule has 0 aliphatic heterocycles. The number of aromatic amines is 1. The number of rotatable bonds is 2. The molecule has 0 spiro atoms. The number of aromatic nitrogens is 2. The predicted molar refractivity (Wildman–Crippen MR) is 64.4 cm³/mol. The van der Waals surface area contributed by atoms with Crippen LogP contribution in [0, 0.1) is 0 Å². The number of ether oxygens (including phenoxy) is 1. The quantitative estimate of drug-likeness (QED) is 0.788. The van der Waals surface area contributed by atoms with E-state index >= 15 is 0 Å². The molecule has 16 heavy (non-hydrogen) atoms. The number of H-pyrrole nitrogens is 1. The number of nitrogen functional groups attached to an aromatic ring is 1. The third-order valence-corrected chi connectivity index (χ3v) is 2.89. The summed E-state index contributed by atoms with van der Waals surface area (Å²) >= 11 is 3.39. The van der Waals surface area contributed by atoms with Crippen LogP contribution in [-0.2, 0) is 0 Å². The Hall–Kier alpha value is -1.69. The van der Waals surface area contributed by atoms with Crippen LogP contribution in [-0.4, -0.2) is 22.4 Å². The molecular weight excluding hydrogens is 274 g/mol. The fraction of sp³-hybridized carbons (Fsp3) is 0.100. The zero-order valence-corrected chi connectivity index (χ0v) is 10.1. The Balaban J connectivity index is 2.73. The van der Waals surface area contributed by atoms with Gasteiger partial charge in [-0.05, 0) is 12.1 Å². The molecule has 0 bridgehead atoms. The van der Waals surface area contributed by atoms with Crippen LogP contribution in [0.3, 0.4) is 0 Å². The van der Waals surface area contributed by atoms with Crippen LogP contribution in [0.25, 0.3) is 11.1 Å². The van der Waals surface area contributed by atoms with Crippen molar-refractivity contribution in [1.29, 1.82) is 0 Å². The maximum absolute atomic E-state index is 9.69. The molecule has 0 fully saturated rings. The van der Waals surface area contributed by atoms with Gasteiger partial charge in [0.1, 0.15) is 5.82 Å². The maximum atomic E-state index is 9.69. The summed E-state index contributed by atoms with van der Waals surface area (Å²) < 4.78 is 5.93. The lowest BCUT2D eigenvalue weighted by atomic mass is 10.1. The van der Waals surface area contributed by atoms with Crippen molar-refractivity contribution in [2.75, 3.05) is 12.8 Å². The minimum atomic E-state index is 0.0568. The van der Waals surface area contributed by atoms with Crippen LogP contribution >= 0.6 is 15.9 Å². The number of anilines is 1. The molecule has 5 nitrogen and oxygen atoms in total. The van der Waals surface area contributed by atoms with Gasteiger partial charge >= 0.3 is 0 Å². The van der Waals surface area contributed by atoms with Crippen LogP contribution < -0.4 is 10.5 Å². The highest BCUT2D eigenvalue weighted by atomic mass is 79.9. The van der Waals surface area contributed by atoms with Gasteiger partial charge in [0.25, 0.3) is 0 Å². The first-order chi connectivity index (χ1) is 7.65. The van der Waals surface area contributed by atoms with Gasteiger partial charge in [0.15, 0.2) is 11.5 Å². The average molecular weight is 284 g/mol. The van der Waals surface area contributed by atoms with Crippen LogP contribution in [0.2, 0.25) is 0 Å². The Kier molecular flexibility index (Phi) is 2.74. The fourth-order valence-corrected chi connectivity index (χ4v) is 2.03. The molecule has 0 radical (unpaired) electrons. The fourth-order valence-electron chi connectivity index (χ4n) is 1.50. The Labute approximate surface area is 100 Å². The van der Waals surface area contributed by atoms with Crippen LogP contribution in [0.15, 0.2) is 22.8 Å². The summed E-state index contributed by atoms with van der Waals surface area (Å²) in [5.41, 5.74) is 7.09. The second kappa shape index (κ2) is 4.05. The molecule has 2 aromatic rings. The number of nitrogens with one attached hydrogen (secondary N) is 1. The third kappa shape index (κ3) is 1.61. The Morgan fingerprint density at radius 2 is 2.25 bits per heavy atom. The molecule has 84 valence electrons. The second-order valence-electron chi connectivity index (χ2n) is 3.17. The molecule has 6 heteroatoms. The summed E-state index contributed by atoms with van der Waals surface area (Å²) in [6.07, 6.45) is 1.58. The number of halogens is 1. The zero-order valence-electron chi connectivity index (χ0n) is 8.49. The molecule has 0 unspecified atom stereocenters. The number of hydrogen-bond donors (Lipinski definition) is 3. The molecule has 0 saturated carbocycles. The third-order valence-electron chi connectivity index (χ3n) is 2.23. The molecule has 0 amide bonds. The lowest BCUT2D eigenvalue weighted by Gasteiger charge is -2.11. The number of nitrogens with two attached hydrogens (primary N) is 1. The SMILES string of the molecule is COc1c(O)ccc(Br)c1-c1cn[nH]c1N. The van der Waals surface area contributed by atoms with Crippen molar-refractivity contribution in [1.82, 2.24) is 10.2 Å². The van der Waals surface area contributed by atoms with Gasteiger partial charge in [0.2, 0.25) is 0 Å². The minimum Gasteiger partial charge on any atom is -0.504 e. The van der Waals surface area contributed by atoms with Crippen molar-refractivity contribution in [3.8, 4) is 22.6 Å². The van der Waals surface area contributed by atoms with Gasteiger partial charge in [-0.15, -0.1) is 0 Å². The van der Waals surface area contributed by atoms with E-state index in [1.807, 2.05) is 0 Å². The molecule has 0 atom stereocenters. The Morgan fingerprint density at radius 1 is 1.50 bits per heavy atom. The molecule has 0 aliphatic rings. The second-order valence-corrected chi connectivity index (χ2v) is 4.03. The van der Waals surface area contributed by atoms with Crippen molar-refractivity contribution >= 4 is 21.7 Å². The summed E-state index contributed by atoms with van der Waals surface area (Å²) in [6.45, 7) is 0. The van der Waals surface area contributed by atoms with Gasteiger partial charge in [-0.25, -0.2) is 0 Å². The Bertz CT molecular complexity index is 525. The molecule has 1 heterocycles. The van der Waals surface area contributed by atoms with E-state index < -0.39 is 0 Å². The molecule has 1 aromatic carbocycles. The summed E-state index contributed by atoms with van der Waals surface area (Å²) in [5, 5.41) is 16.2. The zero-order chi connectivity index (χ0) is 11.7. The molecule has 0 aliphatic carbocycles. The normalized spacial score (nSPS) is 10.4. The Morgan fingerprint density at radius 3 is 2.81 bits per heavy atom. The number of nitrogens with zero attached hydrogens (tertiary/aromatic N) is 1. The van der Waals surface area contributed by atoms with E-state index in [0.29, 0.717) is 22.7 Å². The van der Waals surface area contributed by atoms with Gasteiger partial charge in [-0.2, -0.15) is 5.10 Å². The summed E-state index contributed by atoms with van der Waals surface area (Å²) in [6, 6.07) is 3.27. The highest BCUT2D eigenvalue weighted by Crippen LogP contribution is 2.43. The first-order valence-electron chi connectivity index (χ1n) is 4.49. The van der Waals surface area contributed by atoms with E-state index in [2.05, 4.69) is 26.1 Å². The molecule has 0 saturated heterocycles. The number of phenolic OH excluding ortho intramolecular Hbond substituents is 1. The highest BCUT2D eigenvalue weighted by molar-refractivity contribution is 9.10. The smallest absolute Gasteiger partial charge is 0.169 e. The van der Waals surface area contributed by atoms with E-state index in [4.69, 9.17) is 10.5 Å². The largest absolute Gasteiger partial charge is 0.504 e. The number of phenols is 1. The summed E-state index contributed by atoms with van der Waals surface area (Å²) in [4.78, 5) is 0.